The van der Waals surface area contributed by atoms with Crippen molar-refractivity contribution in [2.75, 3.05) is 0 Å². The molecule has 6 aromatic carbocycles. The summed E-state index contributed by atoms with van der Waals surface area (Å²) in [6.07, 6.45) is 3.87. The monoisotopic (exact) mass is 984 g/mol. The highest BCUT2D eigenvalue weighted by atomic mass is 31.2. The molecule has 1 saturated heterocycles. The zero-order valence-corrected chi connectivity index (χ0v) is 45.9. The smallest absolute Gasteiger partial charge is 0.426 e. The molecule has 368 valence electrons. The van der Waals surface area contributed by atoms with Gasteiger partial charge in [0.1, 0.15) is 11.5 Å². The Morgan fingerprint density at radius 1 is 0.479 bits per heavy atom. The van der Waals surface area contributed by atoms with Crippen LogP contribution >= 0.6 is 17.2 Å². The number of rotatable bonds is 6. The second-order valence-corrected chi connectivity index (χ2v) is 26.4. The lowest BCUT2D eigenvalue weighted by Crippen LogP contribution is -2.50. The quantitative estimate of drug-likeness (QED) is 0.155. The van der Waals surface area contributed by atoms with Crippen LogP contribution in [0.1, 0.15) is 160 Å². The SMILES string of the molecule is CC(C)(C)C1=CC2=C(CC1)OP(Oc1c(-c3cc(C(C)(C)C)cc4c3OP3OC(c5ccccc5)(c5ccccc5)C(c5ccccc5)(O3)c3ccccc3C4(C)C)cc(C(C)(C)C)cc1C(C)(C)C)O2. The lowest BCUT2D eigenvalue weighted by molar-refractivity contribution is 0.00259. The number of allylic oxidation sites excluding steroid dienone is 3. The van der Waals surface area contributed by atoms with Gasteiger partial charge in [-0.3, -0.25) is 9.05 Å². The highest BCUT2D eigenvalue weighted by molar-refractivity contribution is 7.43. The molecule has 0 radical (unpaired) electrons. The first kappa shape index (κ1) is 49.4. The average molecular weight is 985 g/mol. The van der Waals surface area contributed by atoms with Crippen molar-refractivity contribution in [1.82, 2.24) is 0 Å². The van der Waals surface area contributed by atoms with Crippen LogP contribution in [0.4, 0.5) is 0 Å². The zero-order chi connectivity index (χ0) is 50.5. The summed E-state index contributed by atoms with van der Waals surface area (Å²) in [6.45, 7) is 31.9. The maximum absolute atomic E-state index is 7.87. The minimum atomic E-state index is -2.17. The zero-order valence-electron chi connectivity index (χ0n) is 44.1. The highest BCUT2D eigenvalue weighted by Gasteiger charge is 2.68. The van der Waals surface area contributed by atoms with E-state index in [2.05, 4.69) is 243 Å². The highest BCUT2D eigenvalue weighted by Crippen LogP contribution is 2.73. The predicted octanol–water partition coefficient (Wildman–Crippen LogP) is 18.1. The van der Waals surface area contributed by atoms with Crippen LogP contribution in [0.25, 0.3) is 11.1 Å². The van der Waals surface area contributed by atoms with Crippen LogP contribution in [0.5, 0.6) is 11.5 Å². The molecule has 4 aliphatic rings. The first-order valence-electron chi connectivity index (χ1n) is 25.2. The third-order valence-electron chi connectivity index (χ3n) is 15.0. The summed E-state index contributed by atoms with van der Waals surface area (Å²) in [6, 6.07) is 49.9. The molecule has 2 bridgehead atoms. The molecule has 3 atom stereocenters. The van der Waals surface area contributed by atoms with Gasteiger partial charge in [0, 0.05) is 34.1 Å². The molecule has 0 spiro atoms. The molecule has 3 unspecified atom stereocenters. The van der Waals surface area contributed by atoms with E-state index in [0.717, 1.165) is 74.4 Å². The molecule has 71 heavy (non-hydrogen) atoms. The van der Waals surface area contributed by atoms with Gasteiger partial charge in [0.15, 0.2) is 22.7 Å². The summed E-state index contributed by atoms with van der Waals surface area (Å²) in [4.78, 5) is 0. The van der Waals surface area contributed by atoms with E-state index in [0.29, 0.717) is 11.5 Å². The van der Waals surface area contributed by atoms with E-state index >= 15 is 0 Å². The Morgan fingerprint density at radius 2 is 0.986 bits per heavy atom. The van der Waals surface area contributed by atoms with Gasteiger partial charge in [-0.15, -0.1) is 0 Å². The summed E-state index contributed by atoms with van der Waals surface area (Å²) in [5.74, 6) is 3.04. The van der Waals surface area contributed by atoms with Crippen molar-refractivity contribution in [3.05, 3.63) is 213 Å². The molecule has 0 amide bonds. The minimum absolute atomic E-state index is 0.0162. The summed E-state index contributed by atoms with van der Waals surface area (Å²) in [5, 5.41) is 0. The molecule has 3 aliphatic heterocycles. The molecule has 3 heterocycles. The van der Waals surface area contributed by atoms with Crippen molar-refractivity contribution in [1.29, 1.82) is 0 Å². The van der Waals surface area contributed by atoms with E-state index in [1.54, 1.807) is 0 Å². The summed E-state index contributed by atoms with van der Waals surface area (Å²) in [5.41, 5.74) is 8.69. The summed E-state index contributed by atoms with van der Waals surface area (Å²) >= 11 is 0. The summed E-state index contributed by atoms with van der Waals surface area (Å²) < 4.78 is 44.2. The Morgan fingerprint density at radius 3 is 1.54 bits per heavy atom. The third-order valence-corrected chi connectivity index (χ3v) is 17.2. The number of hydrogen-bond donors (Lipinski definition) is 0. The molecule has 1 aliphatic carbocycles. The first-order chi connectivity index (χ1) is 33.4. The number of fused-ring (bicyclic) bond motifs is 5. The Balaban J connectivity index is 1.28. The van der Waals surface area contributed by atoms with Crippen LogP contribution in [0.2, 0.25) is 0 Å². The van der Waals surface area contributed by atoms with Crippen molar-refractivity contribution in [2.45, 2.75) is 143 Å². The number of benzene rings is 6. The van der Waals surface area contributed by atoms with Gasteiger partial charge in [-0.05, 0) is 85.2 Å². The maximum Gasteiger partial charge on any atom is 0.530 e. The molecule has 0 saturated carbocycles. The molecule has 6 aromatic rings. The Hall–Kier alpha value is -5.22. The van der Waals surface area contributed by atoms with E-state index in [1.165, 1.54) is 16.7 Å². The van der Waals surface area contributed by atoms with Gasteiger partial charge in [0.2, 0.25) is 0 Å². The number of hydrogen-bond acceptors (Lipinski definition) is 6. The second-order valence-electron chi connectivity index (χ2n) is 24.4. The fraction of sp³-hybridized carbons (Fsp3) is 0.365. The Bertz CT molecular complexity index is 3020. The van der Waals surface area contributed by atoms with Crippen molar-refractivity contribution < 1.29 is 27.1 Å². The van der Waals surface area contributed by atoms with Gasteiger partial charge in [-0.2, -0.15) is 0 Å². The fourth-order valence-corrected chi connectivity index (χ4v) is 13.5. The maximum atomic E-state index is 7.87. The van der Waals surface area contributed by atoms with E-state index in [4.69, 9.17) is 27.1 Å². The van der Waals surface area contributed by atoms with E-state index in [1.807, 2.05) is 0 Å². The predicted molar refractivity (Wildman–Crippen MR) is 291 cm³/mol. The lowest BCUT2D eigenvalue weighted by atomic mass is 9.62. The van der Waals surface area contributed by atoms with Crippen LogP contribution in [-0.4, -0.2) is 0 Å². The molecular formula is C63H70O6P2. The Kier molecular flexibility index (Phi) is 12.2. The van der Waals surface area contributed by atoms with Gasteiger partial charge in [0.05, 0.1) is 0 Å². The minimum Gasteiger partial charge on any atom is -0.426 e. The molecular weight excluding hydrogens is 915 g/mol. The molecule has 0 aromatic heterocycles. The first-order valence-corrected chi connectivity index (χ1v) is 27.4. The summed E-state index contributed by atoms with van der Waals surface area (Å²) in [7, 11) is -4.02. The third kappa shape index (κ3) is 8.45. The topological polar surface area (TPSA) is 55.4 Å². The molecule has 8 heteroatoms. The van der Waals surface area contributed by atoms with Crippen LogP contribution in [0.15, 0.2) is 163 Å². The van der Waals surface area contributed by atoms with Crippen molar-refractivity contribution in [3.8, 4) is 22.6 Å². The molecule has 10 rings (SSSR count). The lowest BCUT2D eigenvalue weighted by Gasteiger charge is -2.46. The van der Waals surface area contributed by atoms with Crippen LogP contribution in [-0.2, 0) is 51.0 Å². The Labute approximate surface area is 425 Å². The average Bonchev–Trinajstić information content (AvgIpc) is 3.91. The van der Waals surface area contributed by atoms with E-state index < -0.39 is 33.8 Å². The molecule has 1 fully saturated rings. The fourth-order valence-electron chi connectivity index (χ4n) is 10.8. The van der Waals surface area contributed by atoms with Crippen molar-refractivity contribution in [2.24, 2.45) is 5.41 Å². The van der Waals surface area contributed by atoms with Crippen molar-refractivity contribution in [3.63, 3.8) is 0 Å². The van der Waals surface area contributed by atoms with E-state index in [-0.39, 0.29) is 21.7 Å². The van der Waals surface area contributed by atoms with E-state index in [9.17, 15) is 0 Å². The van der Waals surface area contributed by atoms with Gasteiger partial charge in [0.25, 0.3) is 0 Å². The van der Waals surface area contributed by atoms with Gasteiger partial charge in [-0.25, -0.2) is 0 Å². The van der Waals surface area contributed by atoms with Gasteiger partial charge < -0.3 is 18.1 Å². The van der Waals surface area contributed by atoms with Crippen LogP contribution < -0.4 is 9.05 Å². The van der Waals surface area contributed by atoms with Gasteiger partial charge >= 0.3 is 17.2 Å². The van der Waals surface area contributed by atoms with Gasteiger partial charge in [-0.1, -0.05) is 230 Å². The van der Waals surface area contributed by atoms with Crippen molar-refractivity contribution >= 4 is 17.2 Å². The van der Waals surface area contributed by atoms with Crippen LogP contribution in [0, 0.1) is 5.41 Å². The molecule has 0 N–H and O–H groups in total. The largest absolute Gasteiger partial charge is 0.530 e. The molecule has 6 nitrogen and oxygen atoms in total. The standard InChI is InChI=1S/C63H70O6P2/c1-57(2,3)44-34-35-53-54(40-44)65-70(64-53)66-55-47(36-45(58(4,5)6)38-51(55)60(10,11)12)48-37-46(59(7,8)9)39-52-56(48)67-71-68-62(41-26-18-15-19-27-41,42-28-20-16-21-29-42)63(69-71,43-30-22-17-23-31-43)50-33-25-24-32-49(50)61(52,13)14/h15-33,36-40H,34-35H2,1-14H3. The van der Waals surface area contributed by atoms with Crippen LogP contribution in [0.3, 0.4) is 0 Å². The second kappa shape index (κ2) is 17.5. The normalized spacial score (nSPS) is 21.5.